The second kappa shape index (κ2) is 6.61. The number of hydrogen-bond acceptors (Lipinski definition) is 7. The molecular weight excluding hydrogens is 332 g/mol. The van der Waals surface area contributed by atoms with Gasteiger partial charge in [0.2, 0.25) is 10.0 Å². The molecule has 0 bridgehead atoms. The minimum Gasteiger partial charge on any atom is -0.373 e. The van der Waals surface area contributed by atoms with Gasteiger partial charge in [-0.3, -0.25) is 4.68 Å². The summed E-state index contributed by atoms with van der Waals surface area (Å²) >= 11 is 0. The molecule has 24 heavy (non-hydrogen) atoms. The smallest absolute Gasteiger partial charge is 0.216 e. The van der Waals surface area contributed by atoms with Gasteiger partial charge >= 0.3 is 0 Å². The Morgan fingerprint density at radius 2 is 2.00 bits per heavy atom. The molecule has 9 nitrogen and oxygen atoms in total. The molecule has 1 fully saturated rings. The zero-order chi connectivity index (χ0) is 17.3. The highest BCUT2D eigenvalue weighted by atomic mass is 32.2. The summed E-state index contributed by atoms with van der Waals surface area (Å²) in [6.45, 7) is 4.83. The summed E-state index contributed by atoms with van der Waals surface area (Å²) < 4.78 is 33.8. The van der Waals surface area contributed by atoms with Gasteiger partial charge in [-0.25, -0.2) is 18.4 Å². The summed E-state index contributed by atoms with van der Waals surface area (Å²) in [5.41, 5.74) is 0.700. The van der Waals surface area contributed by atoms with Crippen molar-refractivity contribution in [3.63, 3.8) is 0 Å². The lowest BCUT2D eigenvalue weighted by Gasteiger charge is -2.34. The number of nitrogens with one attached hydrogen (secondary N) is 1. The van der Waals surface area contributed by atoms with Crippen molar-refractivity contribution in [2.75, 3.05) is 30.7 Å². The van der Waals surface area contributed by atoms with Crippen molar-refractivity contribution in [3.8, 4) is 0 Å². The highest BCUT2D eigenvalue weighted by Gasteiger charge is 2.30. The van der Waals surface area contributed by atoms with Gasteiger partial charge in [-0.2, -0.15) is 9.40 Å². The molecule has 10 heteroatoms. The van der Waals surface area contributed by atoms with Gasteiger partial charge in [0.1, 0.15) is 12.1 Å². The highest BCUT2D eigenvalue weighted by molar-refractivity contribution is 7.89. The van der Waals surface area contributed by atoms with Crippen LogP contribution in [0.5, 0.6) is 0 Å². The van der Waals surface area contributed by atoms with E-state index in [1.807, 2.05) is 13.8 Å². The van der Waals surface area contributed by atoms with E-state index in [4.69, 9.17) is 4.74 Å². The van der Waals surface area contributed by atoms with Gasteiger partial charge in [0.25, 0.3) is 0 Å². The molecule has 0 aromatic carbocycles. The third kappa shape index (κ3) is 3.50. The van der Waals surface area contributed by atoms with E-state index in [-0.39, 0.29) is 24.5 Å². The number of fused-ring (bicyclic) bond motifs is 1. The van der Waals surface area contributed by atoms with Crippen molar-refractivity contribution in [2.45, 2.75) is 26.1 Å². The molecule has 2 atom stereocenters. The summed E-state index contributed by atoms with van der Waals surface area (Å²) in [4.78, 5) is 8.33. The number of aryl methyl sites for hydroxylation is 1. The van der Waals surface area contributed by atoms with Crippen LogP contribution in [-0.2, 0) is 21.8 Å². The molecule has 1 N–H and O–H groups in total. The van der Waals surface area contributed by atoms with E-state index in [1.165, 1.54) is 10.6 Å². The molecule has 0 amide bonds. The molecule has 3 heterocycles. The molecule has 0 unspecified atom stereocenters. The zero-order valence-electron chi connectivity index (χ0n) is 14.0. The lowest BCUT2D eigenvalue weighted by molar-refractivity contribution is -0.0440. The van der Waals surface area contributed by atoms with Crippen molar-refractivity contribution in [2.24, 2.45) is 7.05 Å². The maximum atomic E-state index is 12.5. The number of morpholine rings is 1. The van der Waals surface area contributed by atoms with Crippen LogP contribution in [0.2, 0.25) is 0 Å². The van der Waals surface area contributed by atoms with Crippen molar-refractivity contribution < 1.29 is 13.2 Å². The van der Waals surface area contributed by atoms with Crippen LogP contribution in [0.15, 0.2) is 12.5 Å². The number of ether oxygens (including phenoxy) is 1. The molecule has 1 saturated heterocycles. The molecule has 0 spiro atoms. The van der Waals surface area contributed by atoms with Crippen molar-refractivity contribution in [1.29, 1.82) is 0 Å². The first-order valence-corrected chi connectivity index (χ1v) is 9.47. The predicted molar refractivity (Wildman–Crippen MR) is 90.2 cm³/mol. The predicted octanol–water partition coefficient (Wildman–Crippen LogP) is 0.214. The Labute approximate surface area is 141 Å². The second-order valence-electron chi connectivity index (χ2n) is 6.04. The lowest BCUT2D eigenvalue weighted by atomic mass is 10.3. The Kier molecular flexibility index (Phi) is 4.70. The second-order valence-corrected chi connectivity index (χ2v) is 8.13. The third-order valence-corrected chi connectivity index (χ3v) is 5.77. The Hall–Kier alpha value is -1.78. The SMILES string of the molecule is C[C@H]1CN(S(=O)(=O)CCNc2ncnc3c2cnn3C)C[C@H](C)O1. The zero-order valence-corrected chi connectivity index (χ0v) is 14.8. The largest absolute Gasteiger partial charge is 0.373 e. The van der Waals surface area contributed by atoms with Crippen LogP contribution in [0, 0.1) is 0 Å². The maximum absolute atomic E-state index is 12.5. The third-order valence-electron chi connectivity index (χ3n) is 3.96. The first kappa shape index (κ1) is 17.1. The minimum absolute atomic E-state index is 0.00179. The first-order valence-electron chi connectivity index (χ1n) is 7.86. The van der Waals surface area contributed by atoms with Crippen molar-refractivity contribution in [1.82, 2.24) is 24.1 Å². The number of aromatic nitrogens is 4. The van der Waals surface area contributed by atoms with E-state index in [2.05, 4.69) is 20.4 Å². The van der Waals surface area contributed by atoms with E-state index in [0.717, 1.165) is 5.39 Å². The van der Waals surface area contributed by atoms with Crippen molar-refractivity contribution in [3.05, 3.63) is 12.5 Å². The van der Waals surface area contributed by atoms with Crippen LogP contribution in [0.25, 0.3) is 11.0 Å². The number of anilines is 1. The van der Waals surface area contributed by atoms with Gasteiger partial charge in [-0.15, -0.1) is 0 Å². The molecular formula is C14H22N6O3S. The summed E-state index contributed by atoms with van der Waals surface area (Å²) in [5, 5.41) is 7.98. The fourth-order valence-corrected chi connectivity index (χ4v) is 4.38. The quantitative estimate of drug-likeness (QED) is 0.819. The average Bonchev–Trinajstić information content (AvgIpc) is 2.89. The fourth-order valence-electron chi connectivity index (χ4n) is 2.89. The molecule has 2 aromatic rings. The minimum atomic E-state index is -3.34. The normalized spacial score (nSPS) is 22.8. The van der Waals surface area contributed by atoms with Crippen LogP contribution in [-0.4, -0.2) is 70.1 Å². The van der Waals surface area contributed by atoms with Crippen LogP contribution in [0.1, 0.15) is 13.8 Å². The standard InChI is InChI=1S/C14H22N6O3S/c1-10-7-20(8-11(2)23-10)24(21,22)5-4-15-13-12-6-18-19(3)14(12)17-9-16-13/h6,9-11H,4-5,7-8H2,1-3H3,(H,15,16,17)/t10-,11-/m0/s1. The van der Waals surface area contributed by atoms with Crippen LogP contribution >= 0.6 is 0 Å². The molecule has 3 rings (SSSR count). The van der Waals surface area contributed by atoms with Gasteiger partial charge in [-0.1, -0.05) is 0 Å². The van der Waals surface area contributed by atoms with E-state index in [1.54, 1.807) is 17.9 Å². The summed E-state index contributed by atoms with van der Waals surface area (Å²) in [6.07, 6.45) is 2.92. The maximum Gasteiger partial charge on any atom is 0.216 e. The molecule has 0 aliphatic carbocycles. The van der Waals surface area contributed by atoms with Crippen LogP contribution in [0.4, 0.5) is 5.82 Å². The van der Waals surface area contributed by atoms with Crippen LogP contribution in [0.3, 0.4) is 0 Å². The van der Waals surface area contributed by atoms with Gasteiger partial charge in [0.15, 0.2) is 5.65 Å². The monoisotopic (exact) mass is 354 g/mol. The van der Waals surface area contributed by atoms with E-state index in [0.29, 0.717) is 24.6 Å². The Morgan fingerprint density at radius 3 is 2.71 bits per heavy atom. The van der Waals surface area contributed by atoms with Gasteiger partial charge < -0.3 is 10.1 Å². The number of nitrogens with zero attached hydrogens (tertiary/aromatic N) is 5. The first-order chi connectivity index (χ1) is 11.4. The molecule has 0 saturated carbocycles. The number of sulfonamides is 1. The summed E-state index contributed by atoms with van der Waals surface area (Å²) in [7, 11) is -1.54. The van der Waals surface area contributed by atoms with E-state index in [9.17, 15) is 8.42 Å². The van der Waals surface area contributed by atoms with Gasteiger partial charge in [0.05, 0.1) is 29.5 Å². The van der Waals surface area contributed by atoms with E-state index < -0.39 is 10.0 Å². The topological polar surface area (TPSA) is 102 Å². The van der Waals surface area contributed by atoms with Gasteiger partial charge in [0, 0.05) is 26.7 Å². The van der Waals surface area contributed by atoms with Crippen molar-refractivity contribution >= 4 is 26.9 Å². The lowest BCUT2D eigenvalue weighted by Crippen LogP contribution is -2.49. The number of rotatable bonds is 5. The average molecular weight is 354 g/mol. The van der Waals surface area contributed by atoms with E-state index >= 15 is 0 Å². The summed E-state index contributed by atoms with van der Waals surface area (Å²) in [6, 6.07) is 0. The molecule has 0 radical (unpaired) electrons. The fraction of sp³-hybridized carbons (Fsp3) is 0.643. The Morgan fingerprint density at radius 1 is 1.29 bits per heavy atom. The van der Waals surface area contributed by atoms with Gasteiger partial charge in [-0.05, 0) is 13.8 Å². The highest BCUT2D eigenvalue weighted by Crippen LogP contribution is 2.18. The summed E-state index contributed by atoms with van der Waals surface area (Å²) in [5.74, 6) is 0.588. The Balaban J connectivity index is 1.64. The molecule has 2 aromatic heterocycles. The van der Waals surface area contributed by atoms with Crippen LogP contribution < -0.4 is 5.32 Å². The molecule has 1 aliphatic heterocycles. The Bertz CT molecular complexity index is 811. The number of hydrogen-bond donors (Lipinski definition) is 1. The molecule has 1 aliphatic rings. The molecule has 132 valence electrons.